The summed E-state index contributed by atoms with van der Waals surface area (Å²) in [6.45, 7) is 6.44. The molecule has 1 aliphatic rings. The molecule has 3 aromatic heterocycles. The van der Waals surface area contributed by atoms with Crippen LogP contribution in [0.15, 0.2) is 30.7 Å². The van der Waals surface area contributed by atoms with E-state index in [0.717, 1.165) is 66.4 Å². The molecule has 1 saturated heterocycles. The summed E-state index contributed by atoms with van der Waals surface area (Å²) in [6.07, 6.45) is 10.5. The van der Waals surface area contributed by atoms with Crippen LogP contribution in [0.25, 0.3) is 5.65 Å². The Morgan fingerprint density at radius 1 is 1.23 bits per heavy atom. The van der Waals surface area contributed by atoms with E-state index < -0.39 is 0 Å². The minimum Gasteiger partial charge on any atom is -0.493 e. The van der Waals surface area contributed by atoms with Gasteiger partial charge in [-0.05, 0) is 45.1 Å². The SMILES string of the molecule is CCOc1ccncc1CNc1cc(N2CCCCC2CCO)nc2c(CC)cnn12. The first kappa shape index (κ1) is 21.4. The van der Waals surface area contributed by atoms with Crippen LogP contribution in [0.5, 0.6) is 5.75 Å². The average molecular weight is 425 g/mol. The summed E-state index contributed by atoms with van der Waals surface area (Å²) in [6, 6.07) is 4.29. The lowest BCUT2D eigenvalue weighted by Gasteiger charge is -2.36. The number of aliphatic hydroxyl groups is 1. The number of pyridine rings is 1. The van der Waals surface area contributed by atoms with Gasteiger partial charge in [-0.15, -0.1) is 0 Å². The van der Waals surface area contributed by atoms with Crippen molar-refractivity contribution in [3.8, 4) is 5.75 Å². The monoisotopic (exact) mass is 424 g/mol. The molecule has 0 saturated carbocycles. The molecule has 3 aromatic rings. The first-order chi connectivity index (χ1) is 15.2. The van der Waals surface area contributed by atoms with Gasteiger partial charge in [0.15, 0.2) is 5.65 Å². The maximum absolute atomic E-state index is 9.55. The topological polar surface area (TPSA) is 87.8 Å². The van der Waals surface area contributed by atoms with Crippen LogP contribution in [0.2, 0.25) is 0 Å². The standard InChI is InChI=1S/C23H32N6O2/c1-3-17-16-26-29-21(25-15-18-14-24-10-8-20(18)31-4-2)13-22(27-23(17)29)28-11-6-5-7-19(28)9-12-30/h8,10,13-14,16,19,25,30H,3-7,9,11-12,15H2,1-2H3. The molecule has 4 heterocycles. The van der Waals surface area contributed by atoms with Gasteiger partial charge in [0.1, 0.15) is 17.4 Å². The Hall–Kier alpha value is -2.87. The molecule has 0 spiro atoms. The fourth-order valence-corrected chi connectivity index (χ4v) is 4.30. The number of ether oxygens (including phenoxy) is 1. The van der Waals surface area contributed by atoms with Gasteiger partial charge < -0.3 is 20.1 Å². The Labute approximate surface area is 183 Å². The van der Waals surface area contributed by atoms with E-state index in [1.807, 2.05) is 29.9 Å². The van der Waals surface area contributed by atoms with Crippen LogP contribution in [0.3, 0.4) is 0 Å². The molecule has 0 aliphatic carbocycles. The van der Waals surface area contributed by atoms with Crippen molar-refractivity contribution in [2.24, 2.45) is 0 Å². The first-order valence-corrected chi connectivity index (χ1v) is 11.3. The zero-order valence-corrected chi connectivity index (χ0v) is 18.4. The van der Waals surface area contributed by atoms with Crippen molar-refractivity contribution >= 4 is 17.3 Å². The number of hydrogen-bond acceptors (Lipinski definition) is 7. The number of fused-ring (bicyclic) bond motifs is 1. The number of anilines is 2. The molecule has 8 nitrogen and oxygen atoms in total. The van der Waals surface area contributed by atoms with E-state index in [2.05, 4.69) is 33.3 Å². The Bertz CT molecular complexity index is 1000. The van der Waals surface area contributed by atoms with Crippen molar-refractivity contribution in [2.45, 2.75) is 58.5 Å². The molecule has 1 aliphatic heterocycles. The summed E-state index contributed by atoms with van der Waals surface area (Å²) >= 11 is 0. The van der Waals surface area contributed by atoms with E-state index in [1.165, 1.54) is 6.42 Å². The van der Waals surface area contributed by atoms with Crippen molar-refractivity contribution in [2.75, 3.05) is 30.0 Å². The minimum absolute atomic E-state index is 0.197. The third kappa shape index (κ3) is 4.58. The molecule has 1 atom stereocenters. The summed E-state index contributed by atoms with van der Waals surface area (Å²) in [7, 11) is 0. The molecule has 0 bridgehead atoms. The second-order valence-electron chi connectivity index (χ2n) is 7.88. The second kappa shape index (κ2) is 9.96. The Morgan fingerprint density at radius 2 is 2.13 bits per heavy atom. The second-order valence-corrected chi connectivity index (χ2v) is 7.88. The third-order valence-corrected chi connectivity index (χ3v) is 5.91. The van der Waals surface area contributed by atoms with Crippen LogP contribution in [0.1, 0.15) is 50.7 Å². The van der Waals surface area contributed by atoms with Crippen LogP contribution in [0.4, 0.5) is 11.6 Å². The lowest BCUT2D eigenvalue weighted by Crippen LogP contribution is -2.40. The lowest BCUT2D eigenvalue weighted by molar-refractivity contribution is 0.262. The van der Waals surface area contributed by atoms with E-state index in [0.29, 0.717) is 19.2 Å². The van der Waals surface area contributed by atoms with E-state index in [1.54, 1.807) is 6.20 Å². The van der Waals surface area contributed by atoms with Crippen LogP contribution in [-0.2, 0) is 13.0 Å². The number of aromatic nitrogens is 4. The number of hydrogen-bond donors (Lipinski definition) is 2. The van der Waals surface area contributed by atoms with Crippen molar-refractivity contribution in [1.82, 2.24) is 19.6 Å². The van der Waals surface area contributed by atoms with Gasteiger partial charge in [0.25, 0.3) is 0 Å². The van der Waals surface area contributed by atoms with Gasteiger partial charge in [0.05, 0.1) is 12.8 Å². The van der Waals surface area contributed by atoms with Crippen molar-refractivity contribution in [1.29, 1.82) is 0 Å². The number of nitrogens with zero attached hydrogens (tertiary/aromatic N) is 5. The number of rotatable bonds is 9. The van der Waals surface area contributed by atoms with Gasteiger partial charge >= 0.3 is 0 Å². The Kier molecular flexibility index (Phi) is 6.86. The number of aryl methyl sites for hydroxylation is 1. The van der Waals surface area contributed by atoms with E-state index in [-0.39, 0.29) is 6.61 Å². The highest BCUT2D eigenvalue weighted by molar-refractivity contribution is 5.61. The number of nitrogens with one attached hydrogen (secondary N) is 1. The predicted molar refractivity (Wildman–Crippen MR) is 122 cm³/mol. The van der Waals surface area contributed by atoms with Gasteiger partial charge in [0, 0.05) is 55.3 Å². The summed E-state index contributed by atoms with van der Waals surface area (Å²) in [5.74, 6) is 2.67. The highest BCUT2D eigenvalue weighted by Crippen LogP contribution is 2.29. The van der Waals surface area contributed by atoms with Crippen molar-refractivity contribution in [3.05, 3.63) is 41.9 Å². The van der Waals surface area contributed by atoms with Gasteiger partial charge in [-0.3, -0.25) is 4.98 Å². The number of aliphatic hydroxyl groups excluding tert-OH is 1. The van der Waals surface area contributed by atoms with Crippen molar-refractivity contribution in [3.63, 3.8) is 0 Å². The van der Waals surface area contributed by atoms with E-state index >= 15 is 0 Å². The third-order valence-electron chi connectivity index (χ3n) is 5.91. The Morgan fingerprint density at radius 3 is 2.94 bits per heavy atom. The van der Waals surface area contributed by atoms with Crippen LogP contribution >= 0.6 is 0 Å². The van der Waals surface area contributed by atoms with Crippen LogP contribution in [-0.4, -0.2) is 50.5 Å². The predicted octanol–water partition coefficient (Wildman–Crippen LogP) is 3.44. The molecule has 166 valence electrons. The fourth-order valence-electron chi connectivity index (χ4n) is 4.30. The highest BCUT2D eigenvalue weighted by atomic mass is 16.5. The zero-order valence-electron chi connectivity index (χ0n) is 18.4. The zero-order chi connectivity index (χ0) is 21.6. The largest absolute Gasteiger partial charge is 0.493 e. The van der Waals surface area contributed by atoms with Crippen LogP contribution < -0.4 is 15.0 Å². The highest BCUT2D eigenvalue weighted by Gasteiger charge is 2.25. The Balaban J connectivity index is 1.68. The van der Waals surface area contributed by atoms with Crippen LogP contribution in [0, 0.1) is 0 Å². The smallest absolute Gasteiger partial charge is 0.162 e. The van der Waals surface area contributed by atoms with E-state index in [4.69, 9.17) is 9.72 Å². The minimum atomic E-state index is 0.197. The summed E-state index contributed by atoms with van der Waals surface area (Å²) < 4.78 is 7.63. The molecule has 1 unspecified atom stereocenters. The van der Waals surface area contributed by atoms with Gasteiger partial charge in [-0.1, -0.05) is 6.92 Å². The molecular formula is C23H32N6O2. The molecule has 31 heavy (non-hydrogen) atoms. The summed E-state index contributed by atoms with van der Waals surface area (Å²) in [5, 5.41) is 17.7. The number of piperidine rings is 1. The summed E-state index contributed by atoms with van der Waals surface area (Å²) in [5.41, 5.74) is 3.00. The normalized spacial score (nSPS) is 16.6. The van der Waals surface area contributed by atoms with Gasteiger partial charge in [-0.2, -0.15) is 9.61 Å². The van der Waals surface area contributed by atoms with Gasteiger partial charge in [-0.25, -0.2) is 4.98 Å². The summed E-state index contributed by atoms with van der Waals surface area (Å²) in [4.78, 5) is 11.6. The molecule has 8 heteroatoms. The fraction of sp³-hybridized carbons (Fsp3) is 0.522. The molecule has 2 N–H and O–H groups in total. The van der Waals surface area contributed by atoms with E-state index in [9.17, 15) is 5.11 Å². The first-order valence-electron chi connectivity index (χ1n) is 11.3. The lowest BCUT2D eigenvalue weighted by atomic mass is 9.99. The molecular weight excluding hydrogens is 392 g/mol. The maximum Gasteiger partial charge on any atom is 0.162 e. The maximum atomic E-state index is 9.55. The average Bonchev–Trinajstić information content (AvgIpc) is 3.22. The van der Waals surface area contributed by atoms with Gasteiger partial charge in [0.2, 0.25) is 0 Å². The molecule has 0 aromatic carbocycles. The quantitative estimate of drug-likeness (QED) is 0.544. The molecule has 1 fully saturated rings. The molecule has 0 radical (unpaired) electrons. The molecule has 4 rings (SSSR count). The van der Waals surface area contributed by atoms with Crippen molar-refractivity contribution < 1.29 is 9.84 Å². The molecule has 0 amide bonds.